The number of likely N-dealkylation sites (tertiary alicyclic amines) is 1. The monoisotopic (exact) mass is 339 g/mol. The van der Waals surface area contributed by atoms with E-state index in [0.717, 1.165) is 4.90 Å². The summed E-state index contributed by atoms with van der Waals surface area (Å²) in [6.45, 7) is -1.64. The summed E-state index contributed by atoms with van der Waals surface area (Å²) in [5, 5.41) is 9.20. The first-order chi connectivity index (χ1) is 8.73. The Labute approximate surface area is 114 Å². The van der Waals surface area contributed by atoms with Gasteiger partial charge in [0.1, 0.15) is 5.75 Å². The van der Waals surface area contributed by atoms with Gasteiger partial charge in [0.05, 0.1) is 17.6 Å². The first kappa shape index (κ1) is 14.1. The van der Waals surface area contributed by atoms with Crippen LogP contribution >= 0.6 is 15.9 Å². The molecule has 0 atom stereocenters. The second kappa shape index (κ2) is 4.68. The highest BCUT2D eigenvalue weighted by Crippen LogP contribution is 2.38. The summed E-state index contributed by atoms with van der Waals surface area (Å²) >= 11 is 3.14. The SMILES string of the molecule is O=C(Oc1ccccc1Br)N1CC(O)(C(F)(F)F)C1. The minimum Gasteiger partial charge on any atom is -0.409 e. The third-order valence-corrected chi connectivity index (χ3v) is 3.38. The number of aliphatic hydroxyl groups is 1. The van der Waals surface area contributed by atoms with Gasteiger partial charge in [-0.25, -0.2) is 4.79 Å². The van der Waals surface area contributed by atoms with E-state index in [1.807, 2.05) is 0 Å². The predicted octanol–water partition coefficient (Wildman–Crippen LogP) is 2.56. The van der Waals surface area contributed by atoms with Gasteiger partial charge in [-0.2, -0.15) is 13.2 Å². The van der Waals surface area contributed by atoms with E-state index in [-0.39, 0.29) is 5.75 Å². The van der Waals surface area contributed by atoms with Gasteiger partial charge in [0.2, 0.25) is 0 Å². The molecule has 8 heteroatoms. The Bertz CT molecular complexity index is 500. The highest BCUT2D eigenvalue weighted by Gasteiger charge is 2.62. The number of β-amino-alcohol motifs (C(OH)–C–C–N with tert-alkyl or cyclic N) is 1. The zero-order chi connectivity index (χ0) is 14.3. The Hall–Kier alpha value is -1.28. The number of nitrogens with zero attached hydrogens (tertiary/aromatic N) is 1. The second-order valence-corrected chi connectivity index (χ2v) is 5.04. The van der Waals surface area contributed by atoms with Crippen molar-refractivity contribution in [2.45, 2.75) is 11.8 Å². The number of alkyl halides is 3. The van der Waals surface area contributed by atoms with Crippen LogP contribution in [0.15, 0.2) is 28.7 Å². The lowest BCUT2D eigenvalue weighted by atomic mass is 9.94. The molecule has 4 nitrogen and oxygen atoms in total. The fourth-order valence-electron chi connectivity index (χ4n) is 1.58. The molecule has 0 saturated carbocycles. The largest absolute Gasteiger partial charge is 0.420 e. The zero-order valence-electron chi connectivity index (χ0n) is 9.45. The van der Waals surface area contributed by atoms with Crippen molar-refractivity contribution in [3.05, 3.63) is 28.7 Å². The lowest BCUT2D eigenvalue weighted by Crippen LogP contribution is -2.70. The van der Waals surface area contributed by atoms with Crippen molar-refractivity contribution in [1.29, 1.82) is 0 Å². The topological polar surface area (TPSA) is 49.8 Å². The van der Waals surface area contributed by atoms with Crippen LogP contribution in [0.1, 0.15) is 0 Å². The summed E-state index contributed by atoms with van der Waals surface area (Å²) < 4.78 is 42.6. The van der Waals surface area contributed by atoms with E-state index in [1.165, 1.54) is 6.07 Å². The number of halogens is 4. The van der Waals surface area contributed by atoms with Crippen molar-refractivity contribution >= 4 is 22.0 Å². The number of para-hydroxylation sites is 1. The molecule has 2 rings (SSSR count). The molecule has 0 aliphatic carbocycles. The Morgan fingerprint density at radius 2 is 1.95 bits per heavy atom. The maximum atomic E-state index is 12.4. The molecule has 1 N–H and O–H groups in total. The minimum atomic E-state index is -4.75. The van der Waals surface area contributed by atoms with Gasteiger partial charge in [0.15, 0.2) is 5.60 Å². The molecule has 0 bridgehead atoms. The van der Waals surface area contributed by atoms with Crippen molar-refractivity contribution in [3.63, 3.8) is 0 Å². The van der Waals surface area contributed by atoms with E-state index in [2.05, 4.69) is 15.9 Å². The zero-order valence-corrected chi connectivity index (χ0v) is 11.0. The quantitative estimate of drug-likeness (QED) is 0.855. The van der Waals surface area contributed by atoms with E-state index in [4.69, 9.17) is 4.74 Å². The third kappa shape index (κ3) is 2.69. The number of hydrogen-bond donors (Lipinski definition) is 1. The van der Waals surface area contributed by atoms with E-state index in [0.29, 0.717) is 4.47 Å². The maximum Gasteiger partial charge on any atom is 0.420 e. The average Bonchev–Trinajstić information content (AvgIpc) is 2.26. The summed E-state index contributed by atoms with van der Waals surface area (Å²) in [6.07, 6.45) is -5.68. The number of carbonyl (C=O) groups excluding carboxylic acids is 1. The Kier molecular flexibility index (Phi) is 3.48. The lowest BCUT2D eigenvalue weighted by molar-refractivity contribution is -0.295. The highest BCUT2D eigenvalue weighted by atomic mass is 79.9. The van der Waals surface area contributed by atoms with Crippen molar-refractivity contribution in [3.8, 4) is 5.75 Å². The van der Waals surface area contributed by atoms with Crippen LogP contribution < -0.4 is 4.74 Å². The molecule has 0 unspecified atom stereocenters. The first-order valence-corrected chi connectivity index (χ1v) is 6.03. The number of amides is 1. The molecule has 1 aliphatic heterocycles. The van der Waals surface area contributed by atoms with Gasteiger partial charge in [-0.05, 0) is 28.1 Å². The lowest BCUT2D eigenvalue weighted by Gasteiger charge is -2.45. The second-order valence-electron chi connectivity index (χ2n) is 4.18. The molecule has 1 aromatic carbocycles. The van der Waals surface area contributed by atoms with Gasteiger partial charge in [-0.3, -0.25) is 0 Å². The third-order valence-electron chi connectivity index (χ3n) is 2.72. The van der Waals surface area contributed by atoms with Crippen molar-refractivity contribution in [2.24, 2.45) is 0 Å². The van der Waals surface area contributed by atoms with E-state index in [1.54, 1.807) is 18.2 Å². The number of hydrogen-bond acceptors (Lipinski definition) is 3. The van der Waals surface area contributed by atoms with E-state index in [9.17, 15) is 23.1 Å². The van der Waals surface area contributed by atoms with Crippen molar-refractivity contribution in [1.82, 2.24) is 4.90 Å². The van der Waals surface area contributed by atoms with Crippen LogP contribution in [0.5, 0.6) is 5.75 Å². The maximum absolute atomic E-state index is 12.4. The Morgan fingerprint density at radius 3 is 2.47 bits per heavy atom. The fourth-order valence-corrected chi connectivity index (χ4v) is 1.95. The smallest absolute Gasteiger partial charge is 0.409 e. The van der Waals surface area contributed by atoms with Crippen LogP contribution in [0.3, 0.4) is 0 Å². The Morgan fingerprint density at radius 1 is 1.37 bits per heavy atom. The number of rotatable bonds is 1. The first-order valence-electron chi connectivity index (χ1n) is 5.23. The normalized spacial score (nSPS) is 17.8. The Balaban J connectivity index is 1.96. The predicted molar refractivity (Wildman–Crippen MR) is 62.7 cm³/mol. The summed E-state index contributed by atoms with van der Waals surface area (Å²) in [6, 6.07) is 6.45. The van der Waals surface area contributed by atoms with E-state index < -0.39 is 31.0 Å². The number of benzene rings is 1. The van der Waals surface area contributed by atoms with Gasteiger partial charge in [0.25, 0.3) is 0 Å². The fraction of sp³-hybridized carbons (Fsp3) is 0.364. The van der Waals surface area contributed by atoms with Gasteiger partial charge in [0, 0.05) is 0 Å². The van der Waals surface area contributed by atoms with Crippen LogP contribution in [0, 0.1) is 0 Å². The number of carbonyl (C=O) groups is 1. The highest BCUT2D eigenvalue weighted by molar-refractivity contribution is 9.10. The van der Waals surface area contributed by atoms with Crippen LogP contribution in [0.4, 0.5) is 18.0 Å². The molecule has 1 aliphatic rings. The molecule has 1 fully saturated rings. The molecule has 19 heavy (non-hydrogen) atoms. The van der Waals surface area contributed by atoms with E-state index >= 15 is 0 Å². The van der Waals surface area contributed by atoms with Crippen molar-refractivity contribution in [2.75, 3.05) is 13.1 Å². The minimum absolute atomic E-state index is 0.204. The van der Waals surface area contributed by atoms with Crippen LogP contribution in [-0.4, -0.2) is 41.0 Å². The molecule has 1 heterocycles. The van der Waals surface area contributed by atoms with Gasteiger partial charge < -0.3 is 14.7 Å². The van der Waals surface area contributed by atoms with Crippen LogP contribution in [0.25, 0.3) is 0 Å². The molecule has 0 spiro atoms. The summed E-state index contributed by atoms with van der Waals surface area (Å²) in [5.74, 6) is 0.204. The van der Waals surface area contributed by atoms with Gasteiger partial charge in [-0.15, -0.1) is 0 Å². The molecule has 0 aromatic heterocycles. The summed E-state index contributed by atoms with van der Waals surface area (Å²) in [5.41, 5.74) is -2.83. The standard InChI is InChI=1S/C11H9BrF3NO3/c12-7-3-1-2-4-8(7)19-9(17)16-5-10(18,6-16)11(13,14)15/h1-4,18H,5-6H2. The van der Waals surface area contributed by atoms with Gasteiger partial charge in [-0.1, -0.05) is 12.1 Å². The van der Waals surface area contributed by atoms with Crippen LogP contribution in [0.2, 0.25) is 0 Å². The molecule has 1 amide bonds. The average molecular weight is 340 g/mol. The van der Waals surface area contributed by atoms with Gasteiger partial charge >= 0.3 is 12.3 Å². The number of ether oxygens (including phenoxy) is 1. The molecule has 1 aromatic rings. The molecular formula is C11H9BrF3NO3. The van der Waals surface area contributed by atoms with Crippen molar-refractivity contribution < 1.29 is 27.8 Å². The molecule has 0 radical (unpaired) electrons. The molecular weight excluding hydrogens is 331 g/mol. The van der Waals surface area contributed by atoms with Crippen LogP contribution in [-0.2, 0) is 0 Å². The summed E-state index contributed by atoms with van der Waals surface area (Å²) in [7, 11) is 0. The molecule has 104 valence electrons. The summed E-state index contributed by atoms with van der Waals surface area (Å²) in [4.78, 5) is 12.4. The molecule has 1 saturated heterocycles.